The molecule has 1 heterocycles. The van der Waals surface area contributed by atoms with Gasteiger partial charge in [0.1, 0.15) is 6.67 Å². The molecule has 0 bridgehead atoms. The predicted molar refractivity (Wildman–Crippen MR) is 56.1 cm³/mol. The van der Waals surface area contributed by atoms with E-state index in [1.807, 2.05) is 6.92 Å². The summed E-state index contributed by atoms with van der Waals surface area (Å²) in [5.41, 5.74) is 5.81. The Bertz CT molecular complexity index is 239. The first-order valence-corrected chi connectivity index (χ1v) is 5.38. The van der Waals surface area contributed by atoms with Crippen LogP contribution < -0.4 is 0 Å². The molecule has 1 nitrogen and oxygen atoms in total. The molecule has 0 fully saturated rings. The lowest BCUT2D eigenvalue weighted by atomic mass is 10.0. The van der Waals surface area contributed by atoms with Crippen LogP contribution in [-0.4, -0.2) is 19.4 Å². The summed E-state index contributed by atoms with van der Waals surface area (Å²) >= 11 is 0. The summed E-state index contributed by atoms with van der Waals surface area (Å²) in [5, 5.41) is 0. The third-order valence-electron chi connectivity index (χ3n) is 2.41. The summed E-state index contributed by atoms with van der Waals surface area (Å²) in [5.74, 6) is 0. The van der Waals surface area contributed by atoms with Crippen molar-refractivity contribution < 1.29 is 9.13 Å². The van der Waals surface area contributed by atoms with Crippen molar-refractivity contribution in [1.29, 1.82) is 0 Å². The summed E-state index contributed by atoms with van der Waals surface area (Å²) in [6, 6.07) is 0. The molecule has 14 heavy (non-hydrogen) atoms. The van der Waals surface area contributed by atoms with Gasteiger partial charge in [-0.2, -0.15) is 0 Å². The third kappa shape index (κ3) is 3.65. The van der Waals surface area contributed by atoms with Gasteiger partial charge < -0.3 is 4.74 Å². The van der Waals surface area contributed by atoms with Crippen LogP contribution in [0, 0.1) is 0 Å². The summed E-state index contributed by atoms with van der Waals surface area (Å²) in [6.45, 7) is 4.42. The Morgan fingerprint density at radius 3 is 3.00 bits per heavy atom. The Balaban J connectivity index is 2.71. The smallest absolute Gasteiger partial charge is 0.116 e. The van der Waals surface area contributed by atoms with Crippen LogP contribution in [0.1, 0.15) is 39.5 Å². The van der Waals surface area contributed by atoms with Crippen molar-refractivity contribution in [3.63, 3.8) is 0 Å². The van der Waals surface area contributed by atoms with Crippen molar-refractivity contribution in [3.05, 3.63) is 16.9 Å². The lowest BCUT2D eigenvalue weighted by Gasteiger charge is -2.17. The molecule has 1 rings (SSSR count). The van der Waals surface area contributed by atoms with Crippen LogP contribution in [-0.2, 0) is 4.74 Å². The van der Waals surface area contributed by atoms with Gasteiger partial charge in [0.25, 0.3) is 0 Å². The van der Waals surface area contributed by atoms with E-state index in [4.69, 9.17) is 4.74 Å². The predicted octanol–water partition coefficient (Wildman–Crippen LogP) is 3.41. The van der Waals surface area contributed by atoms with Crippen molar-refractivity contribution in [2.75, 3.05) is 13.3 Å². The molecule has 0 radical (unpaired) electrons. The largest absolute Gasteiger partial charge is 0.375 e. The van der Waals surface area contributed by atoms with Gasteiger partial charge in [0.2, 0.25) is 0 Å². The molecule has 1 atom stereocenters. The van der Waals surface area contributed by atoms with Gasteiger partial charge in [0, 0.05) is 6.42 Å². The average Bonchev–Trinajstić information content (AvgIpc) is 2.13. The fourth-order valence-corrected chi connectivity index (χ4v) is 1.75. The molecule has 0 N–H and O–H groups in total. The van der Waals surface area contributed by atoms with Gasteiger partial charge in [0.05, 0.1) is 12.7 Å². The monoisotopic (exact) mass is 198 g/mol. The van der Waals surface area contributed by atoms with Gasteiger partial charge in [-0.3, -0.25) is 0 Å². The zero-order valence-corrected chi connectivity index (χ0v) is 9.11. The minimum Gasteiger partial charge on any atom is -0.375 e. The van der Waals surface area contributed by atoms with E-state index in [0.29, 0.717) is 13.0 Å². The van der Waals surface area contributed by atoms with E-state index in [-0.39, 0.29) is 12.8 Å². The highest BCUT2D eigenvalue weighted by molar-refractivity contribution is 5.09. The maximum Gasteiger partial charge on any atom is 0.116 e. The second-order valence-electron chi connectivity index (χ2n) is 3.86. The number of hydrogen-bond acceptors (Lipinski definition) is 1. The Hall–Kier alpha value is -0.590. The summed E-state index contributed by atoms with van der Waals surface area (Å²) < 4.78 is 17.9. The quantitative estimate of drug-likeness (QED) is 0.631. The van der Waals surface area contributed by atoms with E-state index >= 15 is 0 Å². The van der Waals surface area contributed by atoms with Gasteiger partial charge >= 0.3 is 0 Å². The molecule has 0 aromatic carbocycles. The molecule has 1 aliphatic heterocycles. The highest BCUT2D eigenvalue weighted by atomic mass is 19.1. The zero-order valence-electron chi connectivity index (χ0n) is 9.11. The minimum absolute atomic E-state index is 0.245. The molecule has 1 aliphatic rings. The lowest BCUT2D eigenvalue weighted by molar-refractivity contribution is 0.0369. The van der Waals surface area contributed by atoms with Crippen LogP contribution in [0.3, 0.4) is 0 Å². The first kappa shape index (κ1) is 11.5. The molecule has 0 saturated heterocycles. The number of hydrogen-bond donors (Lipinski definition) is 0. The van der Waals surface area contributed by atoms with E-state index < -0.39 is 0 Å². The van der Waals surface area contributed by atoms with Crippen LogP contribution in [0.5, 0.6) is 0 Å². The van der Waals surface area contributed by atoms with Crippen molar-refractivity contribution in [2.24, 2.45) is 0 Å². The van der Waals surface area contributed by atoms with Gasteiger partial charge in [-0.15, -0.1) is 5.73 Å². The molecule has 0 spiro atoms. The van der Waals surface area contributed by atoms with E-state index in [2.05, 4.69) is 12.7 Å². The van der Waals surface area contributed by atoms with Crippen LogP contribution in [0.25, 0.3) is 0 Å². The lowest BCUT2D eigenvalue weighted by Crippen LogP contribution is -2.17. The SMILES string of the molecule is CCCC1=C=C(C)C[C@@H](CF)OCC1. The minimum atomic E-state index is -0.387. The van der Waals surface area contributed by atoms with E-state index in [1.165, 1.54) is 5.57 Å². The Labute approximate surface area is 85.6 Å². The number of halogens is 1. The van der Waals surface area contributed by atoms with Crippen molar-refractivity contribution in [3.8, 4) is 0 Å². The molecule has 2 heteroatoms. The van der Waals surface area contributed by atoms with E-state index in [9.17, 15) is 4.39 Å². The highest BCUT2D eigenvalue weighted by Gasteiger charge is 2.12. The molecular weight excluding hydrogens is 179 g/mol. The molecular formula is C12H19FO. The average molecular weight is 198 g/mol. The molecule has 0 amide bonds. The summed E-state index contributed by atoms with van der Waals surface area (Å²) in [6.07, 6.45) is 3.57. The standard InChI is InChI=1S/C12H19FO/c1-3-4-11-5-6-14-12(9-13)8-10(2)7-11/h12H,3-6,8-9H2,1-2H3/t7?,12-/m0/s1. The molecule has 0 aliphatic carbocycles. The second kappa shape index (κ2) is 6.00. The van der Waals surface area contributed by atoms with E-state index in [1.54, 1.807) is 0 Å². The van der Waals surface area contributed by atoms with Gasteiger partial charge in [-0.1, -0.05) is 13.3 Å². The van der Waals surface area contributed by atoms with Gasteiger partial charge in [0.15, 0.2) is 0 Å². The Morgan fingerprint density at radius 2 is 2.36 bits per heavy atom. The van der Waals surface area contributed by atoms with Crippen LogP contribution in [0.4, 0.5) is 4.39 Å². The van der Waals surface area contributed by atoms with Gasteiger partial charge in [-0.25, -0.2) is 4.39 Å². The highest BCUT2D eigenvalue weighted by Crippen LogP contribution is 2.17. The molecule has 0 aromatic heterocycles. The van der Waals surface area contributed by atoms with Crippen molar-refractivity contribution in [2.45, 2.75) is 45.6 Å². The second-order valence-corrected chi connectivity index (χ2v) is 3.86. The summed E-state index contributed by atoms with van der Waals surface area (Å²) in [7, 11) is 0. The number of rotatable bonds is 3. The van der Waals surface area contributed by atoms with Gasteiger partial charge in [-0.05, 0) is 30.9 Å². The molecule has 0 saturated carbocycles. The van der Waals surface area contributed by atoms with Crippen molar-refractivity contribution in [1.82, 2.24) is 0 Å². The first-order chi connectivity index (χ1) is 6.76. The third-order valence-corrected chi connectivity index (χ3v) is 2.41. The molecule has 80 valence electrons. The normalized spacial score (nSPS) is 23.5. The zero-order chi connectivity index (χ0) is 10.4. The number of ether oxygens (including phenoxy) is 1. The fourth-order valence-electron chi connectivity index (χ4n) is 1.75. The molecule has 0 unspecified atom stereocenters. The van der Waals surface area contributed by atoms with E-state index in [0.717, 1.165) is 24.8 Å². The number of alkyl halides is 1. The Morgan fingerprint density at radius 1 is 1.57 bits per heavy atom. The topological polar surface area (TPSA) is 9.23 Å². The van der Waals surface area contributed by atoms with Crippen molar-refractivity contribution >= 4 is 0 Å². The maximum atomic E-state index is 12.4. The first-order valence-electron chi connectivity index (χ1n) is 5.38. The maximum absolute atomic E-state index is 12.4. The van der Waals surface area contributed by atoms with Crippen LogP contribution in [0.2, 0.25) is 0 Å². The molecule has 0 aromatic rings. The van der Waals surface area contributed by atoms with Crippen LogP contribution >= 0.6 is 0 Å². The fraction of sp³-hybridized carbons (Fsp3) is 0.750. The van der Waals surface area contributed by atoms with Crippen LogP contribution in [0.15, 0.2) is 16.9 Å². The Kier molecular flexibility index (Phi) is 4.92. The summed E-state index contributed by atoms with van der Waals surface area (Å²) in [4.78, 5) is 0.